The van der Waals surface area contributed by atoms with Gasteiger partial charge in [-0.1, -0.05) is 67.6 Å². The highest BCUT2D eigenvalue weighted by atomic mass is 16.5. The zero-order valence-electron chi connectivity index (χ0n) is 15.3. The molecule has 0 saturated carbocycles. The Morgan fingerprint density at radius 2 is 1.54 bits per heavy atom. The summed E-state index contributed by atoms with van der Waals surface area (Å²) in [5, 5.41) is 0. The van der Waals surface area contributed by atoms with Gasteiger partial charge in [0.15, 0.2) is 0 Å². The maximum absolute atomic E-state index is 13.6. The lowest BCUT2D eigenvalue weighted by Gasteiger charge is -2.38. The van der Waals surface area contributed by atoms with Crippen molar-refractivity contribution < 1.29 is 14.3 Å². The van der Waals surface area contributed by atoms with Crippen molar-refractivity contribution >= 4 is 11.9 Å². The van der Waals surface area contributed by atoms with E-state index in [-0.39, 0.29) is 11.9 Å². The van der Waals surface area contributed by atoms with Crippen molar-refractivity contribution in [3.63, 3.8) is 0 Å². The van der Waals surface area contributed by atoms with Gasteiger partial charge in [0, 0.05) is 6.54 Å². The molecule has 1 aliphatic heterocycles. The molecule has 1 unspecified atom stereocenters. The van der Waals surface area contributed by atoms with E-state index in [1.165, 1.54) is 7.11 Å². The maximum atomic E-state index is 13.6. The first-order valence-corrected chi connectivity index (χ1v) is 9.10. The highest BCUT2D eigenvalue weighted by molar-refractivity contribution is 5.91. The first-order chi connectivity index (χ1) is 12.6. The van der Waals surface area contributed by atoms with Gasteiger partial charge in [-0.05, 0) is 29.9 Å². The molecule has 0 aromatic heterocycles. The van der Waals surface area contributed by atoms with Crippen LogP contribution in [0.4, 0.5) is 0 Å². The van der Waals surface area contributed by atoms with Gasteiger partial charge in [0.25, 0.3) is 0 Å². The normalized spacial score (nSPS) is 20.0. The van der Waals surface area contributed by atoms with Crippen molar-refractivity contribution in [2.24, 2.45) is 5.92 Å². The first kappa shape index (κ1) is 18.2. The van der Waals surface area contributed by atoms with Gasteiger partial charge >= 0.3 is 5.97 Å². The Balaban J connectivity index is 1.98. The van der Waals surface area contributed by atoms with Crippen LogP contribution < -0.4 is 0 Å². The Morgan fingerprint density at radius 3 is 2.04 bits per heavy atom. The van der Waals surface area contributed by atoms with E-state index < -0.39 is 12.0 Å². The van der Waals surface area contributed by atoms with Crippen LogP contribution in [0.3, 0.4) is 0 Å². The number of carbonyl (C=O) groups is 2. The van der Waals surface area contributed by atoms with Gasteiger partial charge in [-0.2, -0.15) is 0 Å². The molecule has 4 heteroatoms. The smallest absolute Gasteiger partial charge is 0.328 e. The average molecular weight is 351 g/mol. The maximum Gasteiger partial charge on any atom is 0.328 e. The van der Waals surface area contributed by atoms with E-state index in [1.54, 1.807) is 4.90 Å². The van der Waals surface area contributed by atoms with Crippen molar-refractivity contribution in [2.75, 3.05) is 13.7 Å². The second-order valence-electron chi connectivity index (χ2n) is 6.95. The zero-order valence-corrected chi connectivity index (χ0v) is 15.3. The summed E-state index contributed by atoms with van der Waals surface area (Å²) < 4.78 is 4.98. The predicted molar refractivity (Wildman–Crippen MR) is 101 cm³/mol. The number of hydrogen-bond acceptors (Lipinski definition) is 3. The highest BCUT2D eigenvalue weighted by Crippen LogP contribution is 2.31. The lowest BCUT2D eigenvalue weighted by atomic mass is 9.86. The van der Waals surface area contributed by atoms with Crippen molar-refractivity contribution in [3.8, 4) is 0 Å². The van der Waals surface area contributed by atoms with Crippen LogP contribution in [0.15, 0.2) is 60.7 Å². The molecule has 1 fully saturated rings. The van der Waals surface area contributed by atoms with Crippen LogP contribution >= 0.6 is 0 Å². The number of amides is 1. The fourth-order valence-corrected chi connectivity index (χ4v) is 3.70. The molecular formula is C22H25NO3. The van der Waals surface area contributed by atoms with Gasteiger partial charge < -0.3 is 9.64 Å². The van der Waals surface area contributed by atoms with E-state index in [0.29, 0.717) is 18.9 Å². The second-order valence-corrected chi connectivity index (χ2v) is 6.95. The summed E-state index contributed by atoms with van der Waals surface area (Å²) in [7, 11) is 1.39. The van der Waals surface area contributed by atoms with E-state index in [1.807, 2.05) is 60.7 Å². The summed E-state index contributed by atoms with van der Waals surface area (Å²) in [6.45, 7) is 2.69. The third kappa shape index (κ3) is 3.79. The van der Waals surface area contributed by atoms with Crippen LogP contribution in [0.1, 0.15) is 36.8 Å². The Labute approximate surface area is 154 Å². The molecule has 3 rings (SSSR count). The molecule has 0 N–H and O–H groups in total. The number of rotatable bonds is 4. The summed E-state index contributed by atoms with van der Waals surface area (Å²) in [6, 6.07) is 19.0. The van der Waals surface area contributed by atoms with Crippen molar-refractivity contribution in [2.45, 2.75) is 31.7 Å². The van der Waals surface area contributed by atoms with Gasteiger partial charge in [-0.15, -0.1) is 0 Å². The summed E-state index contributed by atoms with van der Waals surface area (Å²) in [4.78, 5) is 27.6. The zero-order chi connectivity index (χ0) is 18.5. The number of carbonyl (C=O) groups excluding carboxylic acids is 2. The molecule has 0 spiro atoms. The van der Waals surface area contributed by atoms with Crippen molar-refractivity contribution in [1.29, 1.82) is 0 Å². The number of esters is 1. The molecule has 4 nitrogen and oxygen atoms in total. The molecule has 26 heavy (non-hydrogen) atoms. The summed E-state index contributed by atoms with van der Waals surface area (Å²) in [6.07, 6.45) is 1.55. The molecule has 0 aliphatic carbocycles. The minimum absolute atomic E-state index is 0.0373. The molecule has 2 aromatic rings. The van der Waals surface area contributed by atoms with Gasteiger partial charge in [0.1, 0.15) is 6.04 Å². The molecule has 136 valence electrons. The predicted octanol–water partition coefficient (Wildman–Crippen LogP) is 3.62. The molecular weight excluding hydrogens is 326 g/mol. The summed E-state index contributed by atoms with van der Waals surface area (Å²) in [5.41, 5.74) is 1.87. The molecule has 0 bridgehead atoms. The van der Waals surface area contributed by atoms with Crippen molar-refractivity contribution in [3.05, 3.63) is 71.8 Å². The molecule has 2 aromatic carbocycles. The number of piperidine rings is 1. The van der Waals surface area contributed by atoms with E-state index in [9.17, 15) is 9.59 Å². The number of likely N-dealkylation sites (tertiary alicyclic amines) is 1. The van der Waals surface area contributed by atoms with Gasteiger partial charge in [0.2, 0.25) is 5.91 Å². The van der Waals surface area contributed by atoms with Gasteiger partial charge in [-0.25, -0.2) is 4.79 Å². The molecule has 1 saturated heterocycles. The Kier molecular flexibility index (Phi) is 5.71. The van der Waals surface area contributed by atoms with E-state index in [4.69, 9.17) is 4.74 Å². The molecule has 1 heterocycles. The third-order valence-corrected chi connectivity index (χ3v) is 5.13. The second kappa shape index (κ2) is 8.17. The van der Waals surface area contributed by atoms with E-state index >= 15 is 0 Å². The van der Waals surface area contributed by atoms with Crippen LogP contribution in [-0.2, 0) is 14.3 Å². The summed E-state index contributed by atoms with van der Waals surface area (Å²) >= 11 is 0. The topological polar surface area (TPSA) is 46.6 Å². The van der Waals surface area contributed by atoms with Crippen LogP contribution in [0.25, 0.3) is 0 Å². The number of nitrogens with zero attached hydrogens (tertiary/aromatic N) is 1. The molecule has 1 amide bonds. The Bertz CT molecular complexity index is 705. The molecule has 2 atom stereocenters. The quantitative estimate of drug-likeness (QED) is 0.791. The SMILES string of the molecule is COC(=O)[C@@H]1CC(C)CCN1C(=O)C(c1ccccc1)c1ccccc1. The van der Waals surface area contributed by atoms with Gasteiger partial charge in [-0.3, -0.25) is 4.79 Å². The lowest BCUT2D eigenvalue weighted by Crippen LogP contribution is -2.51. The minimum atomic E-state index is -0.508. The minimum Gasteiger partial charge on any atom is -0.467 e. The van der Waals surface area contributed by atoms with Crippen LogP contribution in [0.2, 0.25) is 0 Å². The van der Waals surface area contributed by atoms with Crippen molar-refractivity contribution in [1.82, 2.24) is 4.90 Å². The third-order valence-electron chi connectivity index (χ3n) is 5.13. The Hall–Kier alpha value is -2.62. The van der Waals surface area contributed by atoms with Crippen LogP contribution in [0.5, 0.6) is 0 Å². The van der Waals surface area contributed by atoms with Crippen LogP contribution in [-0.4, -0.2) is 36.5 Å². The largest absolute Gasteiger partial charge is 0.467 e. The first-order valence-electron chi connectivity index (χ1n) is 9.10. The standard InChI is InChI=1S/C22H25NO3/c1-16-13-14-23(19(15-16)22(25)26-2)21(24)20(17-9-5-3-6-10-17)18-11-7-4-8-12-18/h3-12,16,19-20H,13-15H2,1-2H3/t16?,19-/m0/s1. The average Bonchev–Trinajstić information content (AvgIpc) is 2.69. The molecule has 0 radical (unpaired) electrons. The van der Waals surface area contributed by atoms with E-state index in [0.717, 1.165) is 17.5 Å². The fourth-order valence-electron chi connectivity index (χ4n) is 3.70. The number of hydrogen-bond donors (Lipinski definition) is 0. The number of methoxy groups -OCH3 is 1. The van der Waals surface area contributed by atoms with Gasteiger partial charge in [0.05, 0.1) is 13.0 Å². The highest BCUT2D eigenvalue weighted by Gasteiger charge is 2.38. The lowest BCUT2D eigenvalue weighted by molar-refractivity contribution is -0.155. The Morgan fingerprint density at radius 1 is 1.00 bits per heavy atom. The summed E-state index contributed by atoms with van der Waals surface area (Å²) in [5.74, 6) is -0.387. The van der Waals surface area contributed by atoms with Crippen LogP contribution in [0, 0.1) is 5.92 Å². The number of ether oxygens (including phenoxy) is 1. The monoisotopic (exact) mass is 351 g/mol. The fraction of sp³-hybridized carbons (Fsp3) is 0.364. The number of benzene rings is 2. The molecule has 1 aliphatic rings. The van der Waals surface area contributed by atoms with E-state index in [2.05, 4.69) is 6.92 Å².